The van der Waals surface area contributed by atoms with Crippen LogP contribution < -0.4 is 4.74 Å². The largest absolute Gasteiger partial charge is 0.487 e. The Labute approximate surface area is 117 Å². The van der Waals surface area contributed by atoms with E-state index in [1.165, 1.54) is 0 Å². The van der Waals surface area contributed by atoms with Crippen molar-refractivity contribution in [3.05, 3.63) is 66.2 Å². The first kappa shape index (κ1) is 12.4. The molecule has 0 bridgehead atoms. The standard InChI is InChI=1S/C16H14N2O2/c1-12-16(3-2-9-17-12)19-11-13-4-6-14(7-5-13)15-8-10-20-18-15/h2-10H,11H2,1H3. The van der Waals surface area contributed by atoms with Crippen molar-refractivity contribution >= 4 is 0 Å². The second-order valence-electron chi connectivity index (χ2n) is 4.46. The predicted molar refractivity (Wildman–Crippen MR) is 75.2 cm³/mol. The molecule has 1 aromatic carbocycles. The SMILES string of the molecule is Cc1ncccc1OCc1ccc(-c2ccon2)cc1. The van der Waals surface area contributed by atoms with Gasteiger partial charge in [0.25, 0.3) is 0 Å². The van der Waals surface area contributed by atoms with E-state index in [0.29, 0.717) is 6.61 Å². The average molecular weight is 266 g/mol. The van der Waals surface area contributed by atoms with E-state index in [4.69, 9.17) is 9.26 Å². The third kappa shape index (κ3) is 2.69. The first-order chi connectivity index (χ1) is 9.83. The highest BCUT2D eigenvalue weighted by Gasteiger charge is 2.03. The van der Waals surface area contributed by atoms with Crippen LogP contribution in [0.5, 0.6) is 5.75 Å². The summed E-state index contributed by atoms with van der Waals surface area (Å²) in [5.41, 5.74) is 3.85. The zero-order chi connectivity index (χ0) is 13.8. The van der Waals surface area contributed by atoms with Crippen molar-refractivity contribution in [2.24, 2.45) is 0 Å². The second-order valence-corrected chi connectivity index (χ2v) is 4.46. The lowest BCUT2D eigenvalue weighted by atomic mass is 10.1. The summed E-state index contributed by atoms with van der Waals surface area (Å²) in [6.45, 7) is 2.45. The van der Waals surface area contributed by atoms with E-state index in [0.717, 1.165) is 28.3 Å². The maximum absolute atomic E-state index is 5.76. The van der Waals surface area contributed by atoms with Gasteiger partial charge >= 0.3 is 0 Å². The van der Waals surface area contributed by atoms with E-state index in [1.54, 1.807) is 12.5 Å². The van der Waals surface area contributed by atoms with E-state index in [2.05, 4.69) is 10.1 Å². The molecule has 4 heteroatoms. The van der Waals surface area contributed by atoms with Gasteiger partial charge in [-0.3, -0.25) is 4.98 Å². The van der Waals surface area contributed by atoms with Crippen molar-refractivity contribution in [2.45, 2.75) is 13.5 Å². The number of hydrogen-bond acceptors (Lipinski definition) is 4. The van der Waals surface area contributed by atoms with Crippen molar-refractivity contribution in [1.82, 2.24) is 10.1 Å². The lowest BCUT2D eigenvalue weighted by Crippen LogP contribution is -1.97. The number of nitrogens with zero attached hydrogens (tertiary/aromatic N) is 2. The summed E-state index contributed by atoms with van der Waals surface area (Å²) in [4.78, 5) is 4.20. The molecule has 2 aromatic heterocycles. The molecule has 0 N–H and O–H groups in total. The number of aromatic nitrogens is 2. The highest BCUT2D eigenvalue weighted by atomic mass is 16.5. The van der Waals surface area contributed by atoms with Crippen LogP contribution in [0.25, 0.3) is 11.3 Å². The number of pyridine rings is 1. The van der Waals surface area contributed by atoms with Crippen LogP contribution in [0.1, 0.15) is 11.3 Å². The third-order valence-corrected chi connectivity index (χ3v) is 3.04. The van der Waals surface area contributed by atoms with E-state index in [-0.39, 0.29) is 0 Å². The molecule has 2 heterocycles. The van der Waals surface area contributed by atoms with Crippen LogP contribution in [0.4, 0.5) is 0 Å². The maximum Gasteiger partial charge on any atom is 0.141 e. The zero-order valence-corrected chi connectivity index (χ0v) is 11.1. The van der Waals surface area contributed by atoms with Crippen LogP contribution in [0.15, 0.2) is 59.4 Å². The Bertz CT molecular complexity index is 676. The van der Waals surface area contributed by atoms with Gasteiger partial charge in [-0.1, -0.05) is 29.4 Å². The molecule has 0 aliphatic carbocycles. The summed E-state index contributed by atoms with van der Waals surface area (Å²) in [6, 6.07) is 13.7. The Hall–Kier alpha value is -2.62. The van der Waals surface area contributed by atoms with Crippen molar-refractivity contribution in [1.29, 1.82) is 0 Å². The van der Waals surface area contributed by atoms with Crippen LogP contribution in [0.2, 0.25) is 0 Å². The van der Waals surface area contributed by atoms with Gasteiger partial charge in [-0.05, 0) is 24.6 Å². The topological polar surface area (TPSA) is 48.2 Å². The molecule has 0 saturated carbocycles. The first-order valence-corrected chi connectivity index (χ1v) is 6.37. The molecule has 0 aliphatic rings. The molecule has 100 valence electrons. The zero-order valence-electron chi connectivity index (χ0n) is 11.1. The first-order valence-electron chi connectivity index (χ1n) is 6.37. The molecular weight excluding hydrogens is 252 g/mol. The van der Waals surface area contributed by atoms with Gasteiger partial charge in [0, 0.05) is 17.8 Å². The van der Waals surface area contributed by atoms with Gasteiger partial charge in [0.2, 0.25) is 0 Å². The summed E-state index contributed by atoms with van der Waals surface area (Å²) >= 11 is 0. The molecule has 4 nitrogen and oxygen atoms in total. The molecule has 0 radical (unpaired) electrons. The highest BCUT2D eigenvalue weighted by Crippen LogP contribution is 2.19. The summed E-state index contributed by atoms with van der Waals surface area (Å²) in [6.07, 6.45) is 3.33. The average Bonchev–Trinajstić information content (AvgIpc) is 3.01. The Morgan fingerprint density at radius 1 is 1.10 bits per heavy atom. The highest BCUT2D eigenvalue weighted by molar-refractivity contribution is 5.58. The van der Waals surface area contributed by atoms with Crippen LogP contribution in [0.3, 0.4) is 0 Å². The second kappa shape index (κ2) is 5.57. The van der Waals surface area contributed by atoms with Crippen molar-refractivity contribution in [3.63, 3.8) is 0 Å². The Kier molecular flexibility index (Phi) is 3.46. The molecular formula is C16H14N2O2. The fourth-order valence-corrected chi connectivity index (χ4v) is 1.92. The van der Waals surface area contributed by atoms with Crippen LogP contribution in [0, 0.1) is 6.92 Å². The van der Waals surface area contributed by atoms with E-state index >= 15 is 0 Å². The van der Waals surface area contributed by atoms with Gasteiger partial charge in [-0.2, -0.15) is 0 Å². The van der Waals surface area contributed by atoms with Crippen molar-refractivity contribution in [3.8, 4) is 17.0 Å². The minimum atomic E-state index is 0.519. The van der Waals surface area contributed by atoms with Gasteiger partial charge in [0.1, 0.15) is 24.3 Å². The quantitative estimate of drug-likeness (QED) is 0.723. The summed E-state index contributed by atoms with van der Waals surface area (Å²) in [7, 11) is 0. The van der Waals surface area contributed by atoms with Gasteiger partial charge in [0.15, 0.2) is 0 Å². The molecule has 0 amide bonds. The van der Waals surface area contributed by atoms with Gasteiger partial charge in [-0.15, -0.1) is 0 Å². The molecule has 3 aromatic rings. The normalized spacial score (nSPS) is 10.4. The smallest absolute Gasteiger partial charge is 0.141 e. The molecule has 0 spiro atoms. The molecule has 0 atom stereocenters. The Morgan fingerprint density at radius 3 is 2.65 bits per heavy atom. The lowest BCUT2D eigenvalue weighted by molar-refractivity contribution is 0.302. The molecule has 0 aliphatic heterocycles. The lowest BCUT2D eigenvalue weighted by Gasteiger charge is -2.08. The van der Waals surface area contributed by atoms with E-state index in [9.17, 15) is 0 Å². The minimum absolute atomic E-state index is 0.519. The number of benzene rings is 1. The minimum Gasteiger partial charge on any atom is -0.487 e. The van der Waals surface area contributed by atoms with E-state index in [1.807, 2.05) is 49.4 Å². The fourth-order valence-electron chi connectivity index (χ4n) is 1.92. The summed E-state index contributed by atoms with van der Waals surface area (Å²) in [5.74, 6) is 0.813. The van der Waals surface area contributed by atoms with E-state index < -0.39 is 0 Å². The molecule has 0 unspecified atom stereocenters. The fraction of sp³-hybridized carbons (Fsp3) is 0.125. The third-order valence-electron chi connectivity index (χ3n) is 3.04. The van der Waals surface area contributed by atoms with Gasteiger partial charge in [0.05, 0.1) is 5.69 Å². The van der Waals surface area contributed by atoms with Crippen LogP contribution in [-0.4, -0.2) is 10.1 Å². The Morgan fingerprint density at radius 2 is 1.95 bits per heavy atom. The number of ether oxygens (including phenoxy) is 1. The number of rotatable bonds is 4. The van der Waals surface area contributed by atoms with Crippen LogP contribution >= 0.6 is 0 Å². The Balaban J connectivity index is 1.68. The van der Waals surface area contributed by atoms with Crippen molar-refractivity contribution < 1.29 is 9.26 Å². The summed E-state index contributed by atoms with van der Waals surface area (Å²) < 4.78 is 10.6. The molecule has 3 rings (SSSR count). The molecule has 0 fully saturated rings. The van der Waals surface area contributed by atoms with Crippen molar-refractivity contribution in [2.75, 3.05) is 0 Å². The summed E-state index contributed by atoms with van der Waals surface area (Å²) in [5, 5.41) is 3.91. The maximum atomic E-state index is 5.76. The number of hydrogen-bond donors (Lipinski definition) is 0. The molecule has 0 saturated heterocycles. The van der Waals surface area contributed by atoms with Gasteiger partial charge in [-0.25, -0.2) is 0 Å². The molecule has 20 heavy (non-hydrogen) atoms. The predicted octanol–water partition coefficient (Wildman–Crippen LogP) is 3.62. The monoisotopic (exact) mass is 266 g/mol. The number of aryl methyl sites for hydroxylation is 1. The van der Waals surface area contributed by atoms with Gasteiger partial charge < -0.3 is 9.26 Å². The van der Waals surface area contributed by atoms with Crippen LogP contribution in [-0.2, 0) is 6.61 Å².